The molecule has 0 radical (unpaired) electrons. The Labute approximate surface area is 259 Å². The number of hydrogen-bond donors (Lipinski definition) is 2. The maximum Gasteiger partial charge on any atom is 0.257 e. The standard InChI is InChI=1S/C36H40N4O4/c1-26-33(24-40-19-17-39(18-20-40)23-27-7-3-2-4-8-27)43-36(44-34(26)29-14-12-28(25-41)13-15-29)30-9-5-11-32(21-30)38-35(42)31-10-6-16-37-22-31/h2-16,21-22,26,33-34,36,41H,17-20,23-25H2,1H3,(H,38,42). The van der Waals surface area contributed by atoms with Gasteiger partial charge in [0.25, 0.3) is 5.91 Å². The SMILES string of the molecule is CC1C(CN2CCN(Cc3ccccc3)CC2)OC(c2cccc(NC(=O)c3cccnc3)c2)OC1c1ccc(CO)cc1. The Balaban J connectivity index is 1.17. The van der Waals surface area contributed by atoms with Gasteiger partial charge in [-0.25, -0.2) is 0 Å². The summed E-state index contributed by atoms with van der Waals surface area (Å²) in [6.07, 6.45) is 2.33. The van der Waals surface area contributed by atoms with Crippen molar-refractivity contribution in [1.29, 1.82) is 0 Å². The lowest BCUT2D eigenvalue weighted by molar-refractivity contribution is -0.276. The Bertz CT molecular complexity index is 1490. The Morgan fingerprint density at radius 1 is 0.864 bits per heavy atom. The summed E-state index contributed by atoms with van der Waals surface area (Å²) >= 11 is 0. The molecule has 1 amide bonds. The van der Waals surface area contributed by atoms with Crippen molar-refractivity contribution in [3.63, 3.8) is 0 Å². The summed E-state index contributed by atoms with van der Waals surface area (Å²) in [6, 6.07) is 29.8. The van der Waals surface area contributed by atoms with E-state index in [1.807, 2.05) is 48.5 Å². The maximum atomic E-state index is 12.8. The number of piperazine rings is 1. The van der Waals surface area contributed by atoms with E-state index in [9.17, 15) is 9.90 Å². The summed E-state index contributed by atoms with van der Waals surface area (Å²) in [7, 11) is 0. The van der Waals surface area contributed by atoms with E-state index in [1.54, 1.807) is 24.5 Å². The van der Waals surface area contributed by atoms with Gasteiger partial charge in [0.15, 0.2) is 6.29 Å². The quantitative estimate of drug-likeness (QED) is 0.268. The molecule has 8 heteroatoms. The van der Waals surface area contributed by atoms with E-state index < -0.39 is 6.29 Å². The van der Waals surface area contributed by atoms with Crippen molar-refractivity contribution in [3.8, 4) is 0 Å². The average Bonchev–Trinajstić information content (AvgIpc) is 3.07. The maximum absolute atomic E-state index is 12.8. The lowest BCUT2D eigenvalue weighted by Crippen LogP contribution is -2.51. The van der Waals surface area contributed by atoms with Crippen LogP contribution in [0.5, 0.6) is 0 Å². The Hall–Kier alpha value is -3.92. The van der Waals surface area contributed by atoms with Crippen LogP contribution in [0.1, 0.15) is 51.9 Å². The van der Waals surface area contributed by atoms with Gasteiger partial charge in [0.2, 0.25) is 0 Å². The van der Waals surface area contributed by atoms with Gasteiger partial charge in [-0.3, -0.25) is 19.6 Å². The second kappa shape index (κ2) is 14.2. The first-order chi connectivity index (χ1) is 21.6. The normalized spacial score (nSPS) is 22.9. The molecule has 4 atom stereocenters. The van der Waals surface area contributed by atoms with Gasteiger partial charge in [-0.05, 0) is 41.0 Å². The highest BCUT2D eigenvalue weighted by atomic mass is 16.7. The van der Waals surface area contributed by atoms with Gasteiger partial charge in [-0.2, -0.15) is 0 Å². The fraction of sp³-hybridized carbons (Fsp3) is 0.333. The molecule has 4 unspecified atom stereocenters. The minimum atomic E-state index is -0.603. The van der Waals surface area contributed by atoms with Crippen LogP contribution in [-0.4, -0.2) is 64.6 Å². The van der Waals surface area contributed by atoms with Crippen LogP contribution in [0.15, 0.2) is 103 Å². The van der Waals surface area contributed by atoms with E-state index in [0.717, 1.165) is 56.0 Å². The Morgan fingerprint density at radius 2 is 1.64 bits per heavy atom. The average molecular weight is 593 g/mol. The predicted octanol–water partition coefficient (Wildman–Crippen LogP) is 5.44. The molecule has 3 heterocycles. The fourth-order valence-corrected chi connectivity index (χ4v) is 6.02. The van der Waals surface area contributed by atoms with Gasteiger partial charge in [0.05, 0.1) is 24.4 Å². The van der Waals surface area contributed by atoms with E-state index in [2.05, 4.69) is 57.4 Å². The van der Waals surface area contributed by atoms with Crippen LogP contribution >= 0.6 is 0 Å². The molecule has 0 aliphatic carbocycles. The number of ether oxygens (including phenoxy) is 2. The van der Waals surface area contributed by atoms with E-state index >= 15 is 0 Å². The van der Waals surface area contributed by atoms with Crippen molar-refractivity contribution in [3.05, 3.63) is 131 Å². The van der Waals surface area contributed by atoms with Crippen LogP contribution in [0.3, 0.4) is 0 Å². The zero-order chi connectivity index (χ0) is 30.3. The van der Waals surface area contributed by atoms with Gasteiger partial charge < -0.3 is 19.9 Å². The number of aromatic nitrogens is 1. The minimum Gasteiger partial charge on any atom is -0.392 e. The summed E-state index contributed by atoms with van der Waals surface area (Å²) < 4.78 is 13.4. The van der Waals surface area contributed by atoms with Gasteiger partial charge >= 0.3 is 0 Å². The number of aliphatic hydroxyl groups excluding tert-OH is 1. The number of hydrogen-bond acceptors (Lipinski definition) is 7. The van der Waals surface area contributed by atoms with E-state index in [1.165, 1.54) is 5.56 Å². The zero-order valence-electron chi connectivity index (χ0n) is 25.1. The zero-order valence-corrected chi connectivity index (χ0v) is 25.1. The third-order valence-corrected chi connectivity index (χ3v) is 8.62. The molecule has 0 bridgehead atoms. The summed E-state index contributed by atoms with van der Waals surface area (Å²) in [6.45, 7) is 7.98. The topological polar surface area (TPSA) is 87.2 Å². The first-order valence-electron chi connectivity index (χ1n) is 15.4. The lowest BCUT2D eigenvalue weighted by atomic mass is 9.90. The van der Waals surface area contributed by atoms with Crippen LogP contribution < -0.4 is 5.32 Å². The van der Waals surface area contributed by atoms with Crippen LogP contribution in [0.25, 0.3) is 0 Å². The van der Waals surface area contributed by atoms with Crippen molar-refractivity contribution in [1.82, 2.24) is 14.8 Å². The predicted molar refractivity (Wildman–Crippen MR) is 170 cm³/mol. The van der Waals surface area contributed by atoms with Gasteiger partial charge in [0.1, 0.15) is 0 Å². The molecule has 3 aromatic carbocycles. The van der Waals surface area contributed by atoms with Crippen molar-refractivity contribution < 1.29 is 19.4 Å². The van der Waals surface area contributed by atoms with Crippen LogP contribution in [0, 0.1) is 5.92 Å². The molecule has 2 N–H and O–H groups in total. The highest BCUT2D eigenvalue weighted by Gasteiger charge is 2.39. The minimum absolute atomic E-state index is 0.00350. The Kier molecular flexibility index (Phi) is 9.75. The van der Waals surface area contributed by atoms with E-state index in [4.69, 9.17) is 9.47 Å². The van der Waals surface area contributed by atoms with Crippen molar-refractivity contribution in [2.24, 2.45) is 5.92 Å². The number of carbonyl (C=O) groups excluding carboxylic acids is 1. The number of aliphatic hydroxyl groups is 1. The number of nitrogens with one attached hydrogen (secondary N) is 1. The number of rotatable bonds is 9. The summed E-state index contributed by atoms with van der Waals surface area (Å²) in [5.74, 6) is -0.123. The molecule has 2 aliphatic heterocycles. The van der Waals surface area contributed by atoms with E-state index in [0.29, 0.717) is 11.3 Å². The van der Waals surface area contributed by atoms with Gasteiger partial charge in [-0.15, -0.1) is 0 Å². The van der Waals surface area contributed by atoms with Crippen LogP contribution in [0.2, 0.25) is 0 Å². The number of amides is 1. The Morgan fingerprint density at radius 3 is 2.36 bits per heavy atom. The second-order valence-electron chi connectivity index (χ2n) is 11.7. The van der Waals surface area contributed by atoms with Crippen LogP contribution in [0.4, 0.5) is 5.69 Å². The number of carbonyl (C=O) groups is 1. The fourth-order valence-electron chi connectivity index (χ4n) is 6.02. The molecule has 228 valence electrons. The van der Waals surface area contributed by atoms with Crippen molar-refractivity contribution in [2.45, 2.75) is 38.6 Å². The molecular weight excluding hydrogens is 552 g/mol. The molecule has 6 rings (SSSR count). The summed E-state index contributed by atoms with van der Waals surface area (Å²) in [4.78, 5) is 21.9. The first-order valence-corrected chi connectivity index (χ1v) is 15.4. The molecule has 0 spiro atoms. The molecule has 2 aliphatic rings. The summed E-state index contributed by atoms with van der Waals surface area (Å²) in [5, 5.41) is 12.5. The summed E-state index contributed by atoms with van der Waals surface area (Å²) in [5.41, 5.74) is 5.27. The smallest absolute Gasteiger partial charge is 0.257 e. The lowest BCUT2D eigenvalue weighted by Gasteiger charge is -2.44. The molecule has 0 saturated carbocycles. The molecule has 1 aromatic heterocycles. The van der Waals surface area contributed by atoms with Crippen LogP contribution in [-0.2, 0) is 22.6 Å². The highest BCUT2D eigenvalue weighted by Crippen LogP contribution is 2.42. The number of anilines is 1. The third kappa shape index (κ3) is 7.41. The number of nitrogens with zero attached hydrogens (tertiary/aromatic N) is 3. The number of benzene rings is 3. The molecule has 2 saturated heterocycles. The highest BCUT2D eigenvalue weighted by molar-refractivity contribution is 6.04. The molecule has 44 heavy (non-hydrogen) atoms. The molecular formula is C36H40N4O4. The largest absolute Gasteiger partial charge is 0.392 e. The molecule has 2 fully saturated rings. The molecule has 4 aromatic rings. The first kappa shape index (κ1) is 30.1. The van der Waals surface area contributed by atoms with E-state index in [-0.39, 0.29) is 30.6 Å². The van der Waals surface area contributed by atoms with Gasteiger partial charge in [-0.1, -0.05) is 73.7 Å². The number of pyridine rings is 1. The second-order valence-corrected chi connectivity index (χ2v) is 11.7. The van der Waals surface area contributed by atoms with Gasteiger partial charge in [0, 0.05) is 68.8 Å². The monoisotopic (exact) mass is 592 g/mol. The van der Waals surface area contributed by atoms with Crippen molar-refractivity contribution >= 4 is 11.6 Å². The van der Waals surface area contributed by atoms with Crippen molar-refractivity contribution in [2.75, 3.05) is 38.0 Å². The third-order valence-electron chi connectivity index (χ3n) is 8.62. The molecule has 8 nitrogen and oxygen atoms in total.